The van der Waals surface area contributed by atoms with Crippen molar-refractivity contribution in [1.82, 2.24) is 19.7 Å². The Morgan fingerprint density at radius 2 is 1.94 bits per heavy atom. The van der Waals surface area contributed by atoms with Crippen LogP contribution in [0.5, 0.6) is 0 Å². The van der Waals surface area contributed by atoms with Crippen molar-refractivity contribution < 1.29 is 0 Å². The van der Waals surface area contributed by atoms with E-state index in [1.807, 2.05) is 0 Å². The third kappa shape index (κ3) is 1.59. The van der Waals surface area contributed by atoms with Gasteiger partial charge in [-0.25, -0.2) is 14.6 Å². The highest BCUT2D eigenvalue weighted by Gasteiger charge is 2.18. The molecule has 0 amide bonds. The quantitative estimate of drug-likeness (QED) is 0.761. The number of rotatable bonds is 2. The molecule has 0 radical (unpaired) electrons. The van der Waals surface area contributed by atoms with Gasteiger partial charge in [-0.15, -0.1) is 9.24 Å². The molecule has 0 fully saturated rings. The Morgan fingerprint density at radius 3 is 2.56 bits per heavy atom. The first kappa shape index (κ1) is 11.1. The summed E-state index contributed by atoms with van der Waals surface area (Å²) in [5, 5.41) is 4.90. The van der Waals surface area contributed by atoms with Crippen LogP contribution in [0.15, 0.2) is 6.33 Å². The standard InChI is InChI=1S/C9H15N6P/c1-4(2)9(16)15-8-5(7(11)14-15)6(10)12-3-13-8/h3-4,9H,16H2,1-2H3,(H2,11,14)(H2,10,12,13). The average Bonchev–Trinajstić information content (AvgIpc) is 2.56. The van der Waals surface area contributed by atoms with Gasteiger partial charge in [0, 0.05) is 0 Å². The largest absolute Gasteiger partial charge is 0.383 e. The van der Waals surface area contributed by atoms with Gasteiger partial charge in [-0.2, -0.15) is 5.10 Å². The topological polar surface area (TPSA) is 95.6 Å². The molecule has 0 saturated heterocycles. The van der Waals surface area contributed by atoms with E-state index in [2.05, 4.69) is 38.2 Å². The SMILES string of the molecule is CC(C)C(P)n1nc(N)c2c(N)ncnc21. The molecule has 0 aliphatic carbocycles. The van der Waals surface area contributed by atoms with Crippen LogP contribution in [0.4, 0.5) is 11.6 Å². The summed E-state index contributed by atoms with van der Waals surface area (Å²) in [6.07, 6.45) is 1.42. The molecule has 7 heteroatoms. The van der Waals surface area contributed by atoms with Crippen molar-refractivity contribution in [3.05, 3.63) is 6.33 Å². The zero-order valence-electron chi connectivity index (χ0n) is 9.25. The molecule has 2 heterocycles. The summed E-state index contributed by atoms with van der Waals surface area (Å²) < 4.78 is 1.78. The molecule has 0 aliphatic heterocycles. The van der Waals surface area contributed by atoms with Crippen LogP contribution in [0.25, 0.3) is 11.0 Å². The minimum Gasteiger partial charge on any atom is -0.383 e. The van der Waals surface area contributed by atoms with Gasteiger partial charge >= 0.3 is 0 Å². The fourth-order valence-electron chi connectivity index (χ4n) is 1.51. The first-order chi connectivity index (χ1) is 7.52. The van der Waals surface area contributed by atoms with Gasteiger partial charge in [-0.3, -0.25) is 0 Å². The summed E-state index contributed by atoms with van der Waals surface area (Å²) in [6, 6.07) is 0. The van der Waals surface area contributed by atoms with Crippen molar-refractivity contribution in [3.63, 3.8) is 0 Å². The molecule has 4 N–H and O–H groups in total. The van der Waals surface area contributed by atoms with Crippen molar-refractivity contribution in [3.8, 4) is 0 Å². The molecule has 2 rings (SSSR count). The van der Waals surface area contributed by atoms with Gasteiger partial charge < -0.3 is 11.5 Å². The van der Waals surface area contributed by atoms with E-state index in [4.69, 9.17) is 11.5 Å². The van der Waals surface area contributed by atoms with Gasteiger partial charge in [0.15, 0.2) is 11.5 Å². The molecule has 0 aliphatic rings. The lowest BCUT2D eigenvalue weighted by molar-refractivity contribution is 0.477. The second-order valence-corrected chi connectivity index (χ2v) is 4.70. The van der Waals surface area contributed by atoms with Crippen LogP contribution in [0.1, 0.15) is 19.6 Å². The Balaban J connectivity index is 2.69. The van der Waals surface area contributed by atoms with Gasteiger partial charge in [0.25, 0.3) is 0 Å². The van der Waals surface area contributed by atoms with Gasteiger partial charge in [0.05, 0.1) is 5.78 Å². The van der Waals surface area contributed by atoms with Crippen LogP contribution >= 0.6 is 9.24 Å². The van der Waals surface area contributed by atoms with E-state index < -0.39 is 0 Å². The molecule has 86 valence electrons. The van der Waals surface area contributed by atoms with Crippen LogP contribution in [-0.4, -0.2) is 19.7 Å². The predicted octanol–water partition coefficient (Wildman–Crippen LogP) is 1.02. The fourth-order valence-corrected chi connectivity index (χ4v) is 1.72. The Bertz CT molecular complexity index is 520. The van der Waals surface area contributed by atoms with E-state index in [9.17, 15) is 0 Å². The van der Waals surface area contributed by atoms with Crippen LogP contribution < -0.4 is 11.5 Å². The maximum atomic E-state index is 5.81. The van der Waals surface area contributed by atoms with E-state index >= 15 is 0 Å². The summed E-state index contributed by atoms with van der Waals surface area (Å²) in [6.45, 7) is 4.21. The number of anilines is 2. The monoisotopic (exact) mass is 238 g/mol. The molecule has 2 aromatic heterocycles. The van der Waals surface area contributed by atoms with E-state index in [-0.39, 0.29) is 5.78 Å². The highest BCUT2D eigenvalue weighted by atomic mass is 31.0. The highest BCUT2D eigenvalue weighted by Crippen LogP contribution is 2.31. The normalized spacial score (nSPS) is 13.5. The second-order valence-electron chi connectivity index (χ2n) is 4.02. The third-order valence-corrected chi connectivity index (χ3v) is 3.56. The van der Waals surface area contributed by atoms with Crippen molar-refractivity contribution in [1.29, 1.82) is 0 Å². The Morgan fingerprint density at radius 1 is 1.25 bits per heavy atom. The number of nitrogen functional groups attached to an aromatic ring is 2. The maximum absolute atomic E-state index is 5.81. The summed E-state index contributed by atoms with van der Waals surface area (Å²) >= 11 is 0. The number of hydrogen-bond acceptors (Lipinski definition) is 5. The van der Waals surface area contributed by atoms with Gasteiger partial charge in [-0.05, 0) is 5.92 Å². The smallest absolute Gasteiger partial charge is 0.166 e. The molecule has 0 spiro atoms. The molecular weight excluding hydrogens is 223 g/mol. The van der Waals surface area contributed by atoms with Gasteiger partial charge in [-0.1, -0.05) is 13.8 Å². The number of fused-ring (bicyclic) bond motifs is 1. The Kier molecular flexibility index (Phi) is 2.68. The average molecular weight is 238 g/mol. The minimum absolute atomic E-state index is 0.133. The molecule has 0 aromatic carbocycles. The first-order valence-corrected chi connectivity index (χ1v) is 5.68. The van der Waals surface area contributed by atoms with Gasteiger partial charge in [0.1, 0.15) is 17.5 Å². The predicted molar refractivity (Wildman–Crippen MR) is 67.7 cm³/mol. The van der Waals surface area contributed by atoms with E-state index in [0.717, 1.165) is 0 Å². The molecule has 2 atom stereocenters. The van der Waals surface area contributed by atoms with Crippen molar-refractivity contribution in [2.45, 2.75) is 19.6 Å². The van der Waals surface area contributed by atoms with Crippen molar-refractivity contribution in [2.75, 3.05) is 11.5 Å². The van der Waals surface area contributed by atoms with Crippen LogP contribution in [0.2, 0.25) is 0 Å². The molecular formula is C9H15N6P. The van der Waals surface area contributed by atoms with Crippen molar-refractivity contribution >= 4 is 31.9 Å². The zero-order chi connectivity index (χ0) is 11.9. The van der Waals surface area contributed by atoms with E-state index in [0.29, 0.717) is 28.6 Å². The molecule has 6 nitrogen and oxygen atoms in total. The fraction of sp³-hybridized carbons (Fsp3) is 0.444. The van der Waals surface area contributed by atoms with Crippen LogP contribution in [-0.2, 0) is 0 Å². The second kappa shape index (κ2) is 3.87. The maximum Gasteiger partial charge on any atom is 0.166 e. The van der Waals surface area contributed by atoms with E-state index in [1.165, 1.54) is 6.33 Å². The number of nitrogens with zero attached hydrogens (tertiary/aromatic N) is 4. The lowest BCUT2D eigenvalue weighted by Crippen LogP contribution is -2.11. The summed E-state index contributed by atoms with van der Waals surface area (Å²) in [4.78, 5) is 8.09. The van der Waals surface area contributed by atoms with Gasteiger partial charge in [0.2, 0.25) is 0 Å². The van der Waals surface area contributed by atoms with Crippen molar-refractivity contribution in [2.24, 2.45) is 5.92 Å². The minimum atomic E-state index is 0.133. The molecule has 0 saturated carbocycles. The molecule has 0 bridgehead atoms. The first-order valence-electron chi connectivity index (χ1n) is 5.02. The summed E-state index contributed by atoms with van der Waals surface area (Å²) in [5.41, 5.74) is 12.2. The van der Waals surface area contributed by atoms with E-state index in [1.54, 1.807) is 4.68 Å². The number of aromatic nitrogens is 4. The molecule has 2 aromatic rings. The summed E-state index contributed by atoms with van der Waals surface area (Å²) in [7, 11) is 2.73. The zero-order valence-corrected chi connectivity index (χ0v) is 10.4. The highest BCUT2D eigenvalue weighted by molar-refractivity contribution is 7.16. The molecule has 2 unspecified atom stereocenters. The van der Waals surface area contributed by atoms with Crippen LogP contribution in [0.3, 0.4) is 0 Å². The van der Waals surface area contributed by atoms with Crippen LogP contribution in [0, 0.1) is 5.92 Å². The Hall–Kier alpha value is -1.42. The lowest BCUT2D eigenvalue weighted by Gasteiger charge is -2.16. The summed E-state index contributed by atoms with van der Waals surface area (Å²) in [5.74, 6) is 1.29. The number of hydrogen-bond donors (Lipinski definition) is 2. The lowest BCUT2D eigenvalue weighted by atomic mass is 10.2. The molecule has 16 heavy (non-hydrogen) atoms. The Labute approximate surface area is 95.6 Å². The third-order valence-electron chi connectivity index (χ3n) is 2.51. The number of nitrogens with two attached hydrogens (primary N) is 2.